The highest BCUT2D eigenvalue weighted by atomic mass is 16.9. The third-order valence-electron chi connectivity index (χ3n) is 4.83. The Bertz CT molecular complexity index is 1020. The number of aryl methyl sites for hydroxylation is 1. The summed E-state index contributed by atoms with van der Waals surface area (Å²) in [6.07, 6.45) is 2.54. The van der Waals surface area contributed by atoms with Crippen LogP contribution in [0.3, 0.4) is 0 Å². The number of hydrogen-bond acceptors (Lipinski definition) is 7. The molecule has 1 aromatic carbocycles. The minimum Gasteiger partial charge on any atom is -0.496 e. The van der Waals surface area contributed by atoms with Crippen LogP contribution < -0.4 is 15.1 Å². The molecule has 122 valence electrons. The Hall–Kier alpha value is -2.80. The maximum Gasteiger partial charge on any atom is 0.347 e. The number of rotatable bonds is 1. The molecule has 1 N–H and O–H groups in total. The first kappa shape index (κ1) is 13.6. The summed E-state index contributed by atoms with van der Waals surface area (Å²) >= 11 is 0. The van der Waals surface area contributed by atoms with Crippen LogP contribution in [0.25, 0.3) is 11.0 Å². The van der Waals surface area contributed by atoms with Crippen LogP contribution in [-0.2, 0) is 16.8 Å². The molecule has 7 heteroatoms. The van der Waals surface area contributed by atoms with Gasteiger partial charge in [0.15, 0.2) is 17.0 Å². The molecule has 7 nitrogen and oxygen atoms in total. The van der Waals surface area contributed by atoms with Gasteiger partial charge in [-0.1, -0.05) is 0 Å². The Morgan fingerprint density at radius 3 is 2.96 bits per heavy atom. The van der Waals surface area contributed by atoms with Gasteiger partial charge in [0.05, 0.1) is 24.3 Å². The van der Waals surface area contributed by atoms with E-state index in [1.165, 1.54) is 19.4 Å². The van der Waals surface area contributed by atoms with Crippen molar-refractivity contribution in [3.63, 3.8) is 0 Å². The molecule has 0 saturated heterocycles. The van der Waals surface area contributed by atoms with Crippen molar-refractivity contribution < 1.29 is 28.5 Å². The van der Waals surface area contributed by atoms with Crippen molar-refractivity contribution in [3.05, 3.63) is 45.5 Å². The molecular formula is C17H12O7. The predicted octanol–water partition coefficient (Wildman–Crippen LogP) is 1.38. The summed E-state index contributed by atoms with van der Waals surface area (Å²) in [5, 5.41) is 11.5. The second-order valence-corrected chi connectivity index (χ2v) is 6.04. The van der Waals surface area contributed by atoms with E-state index in [1.807, 2.05) is 0 Å². The number of benzene rings is 1. The molecule has 0 fully saturated rings. The highest BCUT2D eigenvalue weighted by Gasteiger charge is 2.53. The quantitative estimate of drug-likeness (QED) is 0.616. The minimum atomic E-state index is -1.55. The van der Waals surface area contributed by atoms with Gasteiger partial charge in [-0.2, -0.15) is 0 Å². The Morgan fingerprint density at radius 1 is 1.33 bits per heavy atom. The molecule has 5 rings (SSSR count). The van der Waals surface area contributed by atoms with E-state index in [4.69, 9.17) is 18.6 Å². The van der Waals surface area contributed by atoms with Gasteiger partial charge >= 0.3 is 5.63 Å². The van der Waals surface area contributed by atoms with Gasteiger partial charge in [-0.15, -0.1) is 0 Å². The Kier molecular flexibility index (Phi) is 2.37. The van der Waals surface area contributed by atoms with Crippen molar-refractivity contribution in [2.24, 2.45) is 0 Å². The smallest absolute Gasteiger partial charge is 0.347 e. The summed E-state index contributed by atoms with van der Waals surface area (Å²) in [5.41, 5.74) is -1.10. The largest absolute Gasteiger partial charge is 0.496 e. The van der Waals surface area contributed by atoms with Gasteiger partial charge in [0.1, 0.15) is 17.1 Å². The normalized spacial score (nSPS) is 26.1. The van der Waals surface area contributed by atoms with Crippen molar-refractivity contribution in [1.82, 2.24) is 0 Å². The first-order valence-electron chi connectivity index (χ1n) is 7.51. The molecule has 0 amide bonds. The molecule has 3 heterocycles. The average Bonchev–Trinajstić information content (AvgIpc) is 3.17. The van der Waals surface area contributed by atoms with E-state index in [2.05, 4.69) is 0 Å². The molecule has 0 unspecified atom stereocenters. The van der Waals surface area contributed by atoms with Crippen molar-refractivity contribution in [2.45, 2.75) is 24.7 Å². The van der Waals surface area contributed by atoms with Gasteiger partial charge in [0, 0.05) is 12.5 Å². The molecule has 0 spiro atoms. The standard InChI is InChI=1S/C17H12O7/c1-21-9-6-10-13(17(20)4-5-22-16(17)23-10)14-12(9)7-2-3-8(18)11(7)15(19)24-14/h4-6,16,20H,2-3H2,1H3/t16-,17-/m1/s1/i1+1,2+1,3+1,4+1,5+1,6+1,7+1,8+1,9+1,10+1,11+1,12+1,13+1,14+1,15+1,16+1,17+1. The number of carbonyl (C=O) groups is 1. The van der Waals surface area contributed by atoms with Gasteiger partial charge in [-0.05, 0) is 18.1 Å². The first-order valence-corrected chi connectivity index (χ1v) is 7.51. The van der Waals surface area contributed by atoms with Crippen LogP contribution in [0.15, 0.2) is 27.6 Å². The van der Waals surface area contributed by atoms with E-state index in [0.717, 1.165) is 0 Å². The lowest BCUT2D eigenvalue weighted by Gasteiger charge is -2.19. The molecule has 0 bridgehead atoms. The zero-order valence-electron chi connectivity index (χ0n) is 12.6. The van der Waals surface area contributed by atoms with E-state index in [1.54, 1.807) is 6.07 Å². The zero-order valence-corrected chi connectivity index (χ0v) is 12.6. The number of Topliss-reactive ketones (excluding diaryl/α,β-unsaturated/α-hetero) is 1. The lowest BCUT2D eigenvalue weighted by Crippen LogP contribution is -2.33. The summed E-state index contributed by atoms with van der Waals surface area (Å²) in [7, 11) is 1.48. The molecule has 0 saturated carbocycles. The summed E-state index contributed by atoms with van der Waals surface area (Å²) in [6, 6.07) is 1.62. The van der Waals surface area contributed by atoms with Crippen LogP contribution in [0.1, 0.15) is 27.9 Å². The molecular weight excluding hydrogens is 333 g/mol. The van der Waals surface area contributed by atoms with Gasteiger partial charge in [0.25, 0.3) is 6.29 Å². The highest BCUT2D eigenvalue weighted by Crippen LogP contribution is 2.52. The van der Waals surface area contributed by atoms with E-state index in [-0.39, 0.29) is 23.4 Å². The predicted molar refractivity (Wildman–Crippen MR) is 80.2 cm³/mol. The minimum absolute atomic E-state index is 0.0708. The van der Waals surface area contributed by atoms with Gasteiger partial charge < -0.3 is 23.7 Å². The molecule has 3 aliphatic rings. The van der Waals surface area contributed by atoms with Crippen molar-refractivity contribution >= 4 is 16.8 Å². The van der Waals surface area contributed by atoms with Crippen LogP contribution >= 0.6 is 0 Å². The number of hydrogen-bond donors (Lipinski definition) is 1. The molecule has 1 aliphatic carbocycles. The van der Waals surface area contributed by atoms with E-state index in [9.17, 15) is 14.7 Å². The third kappa shape index (κ3) is 1.41. The number of methoxy groups -OCH3 is 1. The third-order valence-corrected chi connectivity index (χ3v) is 4.83. The van der Waals surface area contributed by atoms with Crippen molar-refractivity contribution in [3.8, 4) is 11.5 Å². The van der Waals surface area contributed by atoms with E-state index in [0.29, 0.717) is 34.4 Å². The fraction of sp³-hybridized carbons (Fsp3) is 0.294. The molecule has 1 aromatic heterocycles. The van der Waals surface area contributed by atoms with Crippen LogP contribution in [0.2, 0.25) is 0 Å². The summed E-state index contributed by atoms with van der Waals surface area (Å²) in [6.45, 7) is 0. The molecule has 2 atom stereocenters. The maximum absolute atomic E-state index is 12.3. The van der Waals surface area contributed by atoms with Crippen molar-refractivity contribution in [2.75, 3.05) is 7.11 Å². The van der Waals surface area contributed by atoms with Gasteiger partial charge in [-0.3, -0.25) is 4.79 Å². The zero-order chi connectivity index (χ0) is 16.6. The lowest BCUT2D eigenvalue weighted by atomic mass is 10.9. The number of fused-ring (bicyclic) bond motifs is 7. The topological polar surface area (TPSA) is 95.2 Å². The number of aliphatic hydroxyl groups is 1. The first-order chi connectivity index (χ1) is 11.5. The summed E-state index contributed by atoms with van der Waals surface area (Å²) < 4.78 is 21.7. The van der Waals surface area contributed by atoms with Crippen LogP contribution in [-0.4, -0.2) is 24.3 Å². The fourth-order valence-electron chi connectivity index (χ4n) is 3.75. The summed E-state index contributed by atoms with van der Waals surface area (Å²) in [4.78, 5) is 24.3. The highest BCUT2D eigenvalue weighted by molar-refractivity contribution is 6.06. The average molecular weight is 345 g/mol. The van der Waals surface area contributed by atoms with E-state index < -0.39 is 17.5 Å². The van der Waals surface area contributed by atoms with Crippen LogP contribution in [0.5, 0.6) is 11.5 Å². The van der Waals surface area contributed by atoms with Gasteiger partial charge in [-0.25, -0.2) is 4.79 Å². The second kappa shape index (κ2) is 4.18. The lowest BCUT2D eigenvalue weighted by molar-refractivity contribution is -0.109. The number of ketones is 1. The SMILES string of the molecule is [13CH3]O[13c]1[13cH][13c]2[13c]([13c]3o[13c](=O)[13c]4[13c]([13c]13)[13CH2][13CH2][13C]4=O)[13C@]1(O)[13CH]=[13CH]O[13C@@H]1O2. The second-order valence-electron chi connectivity index (χ2n) is 6.04. The van der Waals surface area contributed by atoms with Crippen molar-refractivity contribution in [1.29, 1.82) is 0 Å². The fourth-order valence-corrected chi connectivity index (χ4v) is 3.75. The van der Waals surface area contributed by atoms with Crippen LogP contribution in [0.4, 0.5) is 0 Å². The van der Waals surface area contributed by atoms with Gasteiger partial charge in [0.2, 0.25) is 0 Å². The molecule has 2 aromatic rings. The molecule has 24 heavy (non-hydrogen) atoms. The summed E-state index contributed by atoms with van der Waals surface area (Å²) in [5.74, 6) is 0.509. The maximum atomic E-state index is 12.3. The Balaban J connectivity index is 1.97. The van der Waals surface area contributed by atoms with E-state index >= 15 is 0 Å². The Morgan fingerprint density at radius 2 is 2.17 bits per heavy atom. The monoisotopic (exact) mass is 345 g/mol. The molecule has 2 aliphatic heterocycles. The van der Waals surface area contributed by atoms with Crippen LogP contribution in [0, 0.1) is 0 Å². The molecule has 0 radical (unpaired) electrons. The Labute approximate surface area is 135 Å². The number of ether oxygens (including phenoxy) is 3. The number of carbonyl (C=O) groups excluding carboxylic acids is 1.